The molecule has 0 radical (unpaired) electrons. The molecule has 1 unspecified atom stereocenters. The first-order valence-electron chi connectivity index (χ1n) is 7.29. The number of urea groups is 1. The lowest BCUT2D eigenvalue weighted by atomic mass is 10.2. The van der Waals surface area contributed by atoms with Gasteiger partial charge in [-0.05, 0) is 41.4 Å². The second-order valence-corrected chi connectivity index (χ2v) is 6.04. The van der Waals surface area contributed by atoms with E-state index in [0.29, 0.717) is 6.54 Å². The predicted molar refractivity (Wildman–Crippen MR) is 89.4 cm³/mol. The Bertz CT molecular complexity index is 798. The Labute approximate surface area is 137 Å². The summed E-state index contributed by atoms with van der Waals surface area (Å²) in [6, 6.07) is 7.40. The van der Waals surface area contributed by atoms with E-state index in [4.69, 9.17) is 0 Å². The van der Waals surface area contributed by atoms with Crippen LogP contribution in [-0.2, 0) is 6.54 Å². The largest absolute Gasteiger partial charge is 0.387 e. The summed E-state index contributed by atoms with van der Waals surface area (Å²) < 4.78 is 1.98. The van der Waals surface area contributed by atoms with Crippen LogP contribution in [0.2, 0.25) is 0 Å². The number of pyridine rings is 1. The van der Waals surface area contributed by atoms with Crippen molar-refractivity contribution in [2.75, 3.05) is 6.54 Å². The fraction of sp³-hybridized carbons (Fsp3) is 0.250. The van der Waals surface area contributed by atoms with Gasteiger partial charge in [0.1, 0.15) is 5.65 Å². The molecule has 0 saturated carbocycles. The van der Waals surface area contributed by atoms with Gasteiger partial charge in [0.05, 0.1) is 18.3 Å². The van der Waals surface area contributed by atoms with E-state index in [9.17, 15) is 9.90 Å². The fourth-order valence-electron chi connectivity index (χ4n) is 2.29. The molecule has 6 nitrogen and oxygen atoms in total. The summed E-state index contributed by atoms with van der Waals surface area (Å²) >= 11 is 1.51. The molecule has 23 heavy (non-hydrogen) atoms. The molecule has 3 aromatic heterocycles. The molecule has 0 fully saturated rings. The number of thiophene rings is 1. The average Bonchev–Trinajstić information content (AvgIpc) is 3.20. The van der Waals surface area contributed by atoms with Crippen LogP contribution in [0, 0.1) is 6.92 Å². The molecule has 120 valence electrons. The Balaban J connectivity index is 1.51. The number of nitrogens with zero attached hydrogens (tertiary/aromatic N) is 2. The van der Waals surface area contributed by atoms with Gasteiger partial charge in [0.15, 0.2) is 0 Å². The van der Waals surface area contributed by atoms with Crippen LogP contribution in [0.4, 0.5) is 4.79 Å². The third kappa shape index (κ3) is 3.69. The number of nitrogens with one attached hydrogen (secondary N) is 2. The molecular weight excluding hydrogens is 312 g/mol. The lowest BCUT2D eigenvalue weighted by Gasteiger charge is -2.11. The van der Waals surface area contributed by atoms with Crippen molar-refractivity contribution in [3.63, 3.8) is 0 Å². The van der Waals surface area contributed by atoms with E-state index < -0.39 is 6.10 Å². The quantitative estimate of drug-likeness (QED) is 0.671. The number of fused-ring (bicyclic) bond motifs is 1. The Morgan fingerprint density at radius 3 is 3.00 bits per heavy atom. The molecular formula is C16H18N4O2S. The van der Waals surface area contributed by atoms with Crippen molar-refractivity contribution in [1.29, 1.82) is 0 Å². The molecule has 3 heterocycles. The van der Waals surface area contributed by atoms with Crippen LogP contribution in [0.25, 0.3) is 5.65 Å². The summed E-state index contributed by atoms with van der Waals surface area (Å²) in [6.45, 7) is 2.51. The Kier molecular flexibility index (Phi) is 4.59. The maximum atomic E-state index is 11.8. The molecule has 3 N–H and O–H groups in total. The van der Waals surface area contributed by atoms with Crippen molar-refractivity contribution < 1.29 is 9.90 Å². The van der Waals surface area contributed by atoms with Gasteiger partial charge in [-0.15, -0.1) is 0 Å². The minimum Gasteiger partial charge on any atom is -0.387 e. The van der Waals surface area contributed by atoms with Crippen molar-refractivity contribution in [3.05, 3.63) is 58.2 Å². The summed E-state index contributed by atoms with van der Waals surface area (Å²) in [5, 5.41) is 19.1. The highest BCUT2D eigenvalue weighted by molar-refractivity contribution is 7.07. The molecule has 0 aliphatic rings. The average molecular weight is 330 g/mol. The normalized spacial score (nSPS) is 12.3. The second-order valence-electron chi connectivity index (χ2n) is 5.26. The number of aromatic nitrogens is 2. The van der Waals surface area contributed by atoms with E-state index in [1.54, 1.807) is 0 Å². The smallest absolute Gasteiger partial charge is 0.315 e. The zero-order chi connectivity index (χ0) is 16.2. The van der Waals surface area contributed by atoms with Gasteiger partial charge >= 0.3 is 6.03 Å². The highest BCUT2D eigenvalue weighted by Crippen LogP contribution is 2.15. The van der Waals surface area contributed by atoms with Gasteiger partial charge in [-0.3, -0.25) is 0 Å². The molecule has 0 aliphatic carbocycles. The summed E-state index contributed by atoms with van der Waals surface area (Å²) in [4.78, 5) is 16.3. The maximum absolute atomic E-state index is 11.8. The number of carbonyl (C=O) groups excluding carboxylic acids is 1. The lowest BCUT2D eigenvalue weighted by molar-refractivity contribution is 0.173. The number of aliphatic hydroxyl groups is 1. The first-order valence-corrected chi connectivity index (χ1v) is 8.23. The number of hydrogen-bond acceptors (Lipinski definition) is 4. The number of carbonyl (C=O) groups is 1. The zero-order valence-electron chi connectivity index (χ0n) is 12.7. The number of aliphatic hydroxyl groups excluding tert-OH is 1. The molecule has 3 rings (SSSR count). The number of amides is 2. The van der Waals surface area contributed by atoms with E-state index in [1.165, 1.54) is 11.3 Å². The van der Waals surface area contributed by atoms with Crippen molar-refractivity contribution >= 4 is 23.0 Å². The van der Waals surface area contributed by atoms with Gasteiger partial charge in [-0.2, -0.15) is 11.3 Å². The minimum absolute atomic E-state index is 0.173. The number of imidazole rings is 1. The molecule has 0 bridgehead atoms. The van der Waals surface area contributed by atoms with Gasteiger partial charge in [-0.1, -0.05) is 6.07 Å². The maximum Gasteiger partial charge on any atom is 0.315 e. The highest BCUT2D eigenvalue weighted by atomic mass is 32.1. The molecule has 0 aromatic carbocycles. The monoisotopic (exact) mass is 330 g/mol. The Hall–Kier alpha value is -2.38. The first-order chi connectivity index (χ1) is 11.1. The lowest BCUT2D eigenvalue weighted by Crippen LogP contribution is -2.37. The van der Waals surface area contributed by atoms with E-state index in [2.05, 4.69) is 15.6 Å². The van der Waals surface area contributed by atoms with Crippen LogP contribution >= 0.6 is 11.3 Å². The van der Waals surface area contributed by atoms with E-state index in [-0.39, 0.29) is 12.6 Å². The van der Waals surface area contributed by atoms with Gasteiger partial charge in [0.25, 0.3) is 0 Å². The van der Waals surface area contributed by atoms with E-state index in [0.717, 1.165) is 22.6 Å². The summed E-state index contributed by atoms with van der Waals surface area (Å²) in [5.41, 5.74) is 3.54. The molecule has 7 heteroatoms. The van der Waals surface area contributed by atoms with Crippen molar-refractivity contribution in [2.24, 2.45) is 0 Å². The molecule has 0 saturated heterocycles. The second kappa shape index (κ2) is 6.80. The van der Waals surface area contributed by atoms with Crippen LogP contribution < -0.4 is 10.6 Å². The topological polar surface area (TPSA) is 78.7 Å². The van der Waals surface area contributed by atoms with Crippen LogP contribution in [-0.4, -0.2) is 27.1 Å². The van der Waals surface area contributed by atoms with Crippen LogP contribution in [0.3, 0.4) is 0 Å². The van der Waals surface area contributed by atoms with Gasteiger partial charge in [0, 0.05) is 18.4 Å². The fourth-order valence-corrected chi connectivity index (χ4v) is 3.00. The van der Waals surface area contributed by atoms with Gasteiger partial charge in [0.2, 0.25) is 0 Å². The summed E-state index contributed by atoms with van der Waals surface area (Å²) in [6.07, 6.45) is 1.22. The third-order valence-corrected chi connectivity index (χ3v) is 4.26. The SMILES string of the molecule is Cc1cccc2nc(CNC(=O)NCC(O)c3ccsc3)cn12. The minimum atomic E-state index is -0.690. The third-order valence-electron chi connectivity index (χ3n) is 3.56. The first kappa shape index (κ1) is 15.5. The van der Waals surface area contributed by atoms with Gasteiger partial charge < -0.3 is 20.1 Å². The van der Waals surface area contributed by atoms with E-state index in [1.807, 2.05) is 52.5 Å². The molecule has 0 aliphatic heterocycles. The highest BCUT2D eigenvalue weighted by Gasteiger charge is 2.10. The number of aryl methyl sites for hydroxylation is 1. The predicted octanol–water partition coefficient (Wildman–Crippen LogP) is 2.24. The van der Waals surface area contributed by atoms with Crippen LogP contribution in [0.15, 0.2) is 41.2 Å². The number of rotatable bonds is 5. The van der Waals surface area contributed by atoms with Gasteiger partial charge in [-0.25, -0.2) is 9.78 Å². The number of hydrogen-bond donors (Lipinski definition) is 3. The summed E-state index contributed by atoms with van der Waals surface area (Å²) in [7, 11) is 0. The standard InChI is InChI=1S/C16H18N4O2S/c1-11-3-2-4-15-19-13(9-20(11)15)7-17-16(22)18-8-14(21)12-5-6-23-10-12/h2-6,9-10,14,21H,7-8H2,1H3,(H2,17,18,22). The van der Waals surface area contributed by atoms with Crippen LogP contribution in [0.5, 0.6) is 0 Å². The molecule has 0 spiro atoms. The van der Waals surface area contributed by atoms with E-state index >= 15 is 0 Å². The zero-order valence-corrected chi connectivity index (χ0v) is 13.5. The van der Waals surface area contributed by atoms with Crippen molar-refractivity contribution in [2.45, 2.75) is 19.6 Å². The Morgan fingerprint density at radius 2 is 2.26 bits per heavy atom. The van der Waals surface area contributed by atoms with Crippen LogP contribution in [0.1, 0.15) is 23.1 Å². The summed E-state index contributed by atoms with van der Waals surface area (Å²) in [5.74, 6) is 0. The van der Waals surface area contributed by atoms with Crippen molar-refractivity contribution in [1.82, 2.24) is 20.0 Å². The molecule has 2 amide bonds. The molecule has 1 atom stereocenters. The van der Waals surface area contributed by atoms with Crippen molar-refractivity contribution in [3.8, 4) is 0 Å². The molecule has 3 aromatic rings. The Morgan fingerprint density at radius 1 is 1.39 bits per heavy atom.